The lowest BCUT2D eigenvalue weighted by Gasteiger charge is -2.43. The number of rotatable bonds is 4. The SMILES string of the molecule is CC(=O)N[C@H]1CCN(S(=O)(=O)c2ccc(C)cc2)[C@H](C2CCCCC2)C1. The Morgan fingerprint density at radius 2 is 1.73 bits per heavy atom. The van der Waals surface area contributed by atoms with Gasteiger partial charge in [0.25, 0.3) is 0 Å². The molecule has 1 N–H and O–H groups in total. The zero-order valence-corrected chi connectivity index (χ0v) is 16.6. The molecule has 144 valence electrons. The predicted molar refractivity (Wildman–Crippen MR) is 102 cm³/mol. The number of carbonyl (C=O) groups is 1. The van der Waals surface area contributed by atoms with Crippen molar-refractivity contribution in [2.24, 2.45) is 5.92 Å². The summed E-state index contributed by atoms with van der Waals surface area (Å²) in [6, 6.07) is 7.18. The first-order chi connectivity index (χ1) is 12.4. The predicted octanol–water partition coefficient (Wildman–Crippen LogP) is 3.23. The number of benzene rings is 1. The zero-order valence-electron chi connectivity index (χ0n) is 15.8. The second kappa shape index (κ2) is 8.09. The van der Waals surface area contributed by atoms with Gasteiger partial charge in [0, 0.05) is 25.6 Å². The van der Waals surface area contributed by atoms with Crippen LogP contribution in [0.25, 0.3) is 0 Å². The summed E-state index contributed by atoms with van der Waals surface area (Å²) in [5.74, 6) is 0.354. The van der Waals surface area contributed by atoms with E-state index in [2.05, 4.69) is 5.32 Å². The number of aryl methyl sites for hydroxylation is 1. The molecule has 26 heavy (non-hydrogen) atoms. The standard InChI is InChI=1S/C20H30N2O3S/c1-15-8-10-19(11-9-15)26(24,25)22-13-12-18(21-16(2)23)14-20(22)17-6-4-3-5-7-17/h8-11,17-18,20H,3-7,12-14H2,1-2H3,(H,21,23)/t18-,20-/m0/s1. The van der Waals surface area contributed by atoms with Crippen molar-refractivity contribution < 1.29 is 13.2 Å². The molecule has 0 radical (unpaired) electrons. The summed E-state index contributed by atoms with van der Waals surface area (Å²) in [7, 11) is -3.51. The number of sulfonamides is 1. The van der Waals surface area contributed by atoms with Crippen LogP contribution in [0.15, 0.2) is 29.2 Å². The Labute approximate surface area is 157 Å². The molecule has 0 spiro atoms. The van der Waals surface area contributed by atoms with Gasteiger partial charge in [0.2, 0.25) is 15.9 Å². The van der Waals surface area contributed by atoms with Crippen molar-refractivity contribution in [1.29, 1.82) is 0 Å². The second-order valence-electron chi connectivity index (χ2n) is 7.82. The van der Waals surface area contributed by atoms with Crippen LogP contribution in [0.3, 0.4) is 0 Å². The average molecular weight is 379 g/mol. The average Bonchev–Trinajstić information content (AvgIpc) is 2.62. The maximum Gasteiger partial charge on any atom is 0.243 e. The van der Waals surface area contributed by atoms with Crippen LogP contribution in [0.1, 0.15) is 57.4 Å². The number of nitrogens with one attached hydrogen (secondary N) is 1. The Morgan fingerprint density at radius 3 is 2.35 bits per heavy atom. The van der Waals surface area contributed by atoms with Gasteiger partial charge in [-0.05, 0) is 50.7 Å². The van der Waals surface area contributed by atoms with Crippen molar-refractivity contribution in [3.8, 4) is 0 Å². The number of amides is 1. The molecule has 1 heterocycles. The second-order valence-corrected chi connectivity index (χ2v) is 9.71. The van der Waals surface area contributed by atoms with Gasteiger partial charge in [-0.15, -0.1) is 0 Å². The highest BCUT2D eigenvalue weighted by atomic mass is 32.2. The minimum atomic E-state index is -3.51. The quantitative estimate of drug-likeness (QED) is 0.875. The molecule has 1 aliphatic carbocycles. The molecule has 0 unspecified atom stereocenters. The van der Waals surface area contributed by atoms with E-state index in [-0.39, 0.29) is 18.0 Å². The fourth-order valence-electron chi connectivity index (χ4n) is 4.48. The summed E-state index contributed by atoms with van der Waals surface area (Å²) in [6.45, 7) is 3.97. The van der Waals surface area contributed by atoms with Crippen molar-refractivity contribution in [1.82, 2.24) is 9.62 Å². The van der Waals surface area contributed by atoms with Gasteiger partial charge in [0.05, 0.1) is 4.90 Å². The summed E-state index contributed by atoms with van der Waals surface area (Å²) in [6.07, 6.45) is 7.13. The maximum atomic E-state index is 13.3. The molecule has 3 rings (SSSR count). The zero-order chi connectivity index (χ0) is 18.7. The van der Waals surface area contributed by atoms with Crippen LogP contribution >= 0.6 is 0 Å². The summed E-state index contributed by atoms with van der Waals surface area (Å²) >= 11 is 0. The molecule has 5 nitrogen and oxygen atoms in total. The number of hydrogen-bond acceptors (Lipinski definition) is 3. The first-order valence-electron chi connectivity index (χ1n) is 9.73. The smallest absolute Gasteiger partial charge is 0.243 e. The minimum absolute atomic E-state index is 0.0211. The van der Waals surface area contributed by atoms with Gasteiger partial charge >= 0.3 is 0 Å². The van der Waals surface area contributed by atoms with E-state index in [1.165, 1.54) is 26.2 Å². The van der Waals surface area contributed by atoms with E-state index in [4.69, 9.17) is 0 Å². The third-order valence-electron chi connectivity index (χ3n) is 5.82. The largest absolute Gasteiger partial charge is 0.354 e. The summed E-state index contributed by atoms with van der Waals surface area (Å²) in [5, 5.41) is 3.01. The van der Waals surface area contributed by atoms with Crippen LogP contribution in [0.5, 0.6) is 0 Å². The van der Waals surface area contributed by atoms with E-state index < -0.39 is 10.0 Å². The van der Waals surface area contributed by atoms with Crippen LogP contribution in [-0.2, 0) is 14.8 Å². The molecule has 6 heteroatoms. The van der Waals surface area contributed by atoms with Gasteiger partial charge in [-0.1, -0.05) is 37.0 Å². The third kappa shape index (κ3) is 4.29. The number of piperidine rings is 1. The van der Waals surface area contributed by atoms with Crippen molar-refractivity contribution in [2.75, 3.05) is 6.54 Å². The molecule has 0 bridgehead atoms. The Kier molecular flexibility index (Phi) is 6.03. The Bertz CT molecular complexity index is 724. The Morgan fingerprint density at radius 1 is 1.08 bits per heavy atom. The molecule has 1 aliphatic heterocycles. The molecule has 1 aromatic carbocycles. The molecule has 1 saturated heterocycles. The Hall–Kier alpha value is -1.40. The highest BCUT2D eigenvalue weighted by molar-refractivity contribution is 7.89. The van der Waals surface area contributed by atoms with Crippen molar-refractivity contribution >= 4 is 15.9 Å². The van der Waals surface area contributed by atoms with E-state index in [1.807, 2.05) is 19.1 Å². The van der Waals surface area contributed by atoms with Crippen LogP contribution in [0.4, 0.5) is 0 Å². The molecule has 0 aromatic heterocycles. The first-order valence-corrected chi connectivity index (χ1v) is 11.2. The number of hydrogen-bond donors (Lipinski definition) is 1. The molecule has 1 saturated carbocycles. The lowest BCUT2D eigenvalue weighted by atomic mass is 9.80. The number of nitrogens with zero attached hydrogens (tertiary/aromatic N) is 1. The normalized spacial score (nSPS) is 25.8. The van der Waals surface area contributed by atoms with Gasteiger partial charge in [-0.2, -0.15) is 4.31 Å². The van der Waals surface area contributed by atoms with Gasteiger partial charge in [0.15, 0.2) is 0 Å². The van der Waals surface area contributed by atoms with E-state index >= 15 is 0 Å². The van der Waals surface area contributed by atoms with Crippen LogP contribution < -0.4 is 5.32 Å². The van der Waals surface area contributed by atoms with Gasteiger partial charge in [-0.25, -0.2) is 8.42 Å². The highest BCUT2D eigenvalue weighted by Crippen LogP contribution is 2.36. The first kappa shape index (κ1) is 19.4. The van der Waals surface area contributed by atoms with Gasteiger partial charge in [0.1, 0.15) is 0 Å². The number of carbonyl (C=O) groups excluding carboxylic acids is 1. The minimum Gasteiger partial charge on any atom is -0.354 e. The van der Waals surface area contributed by atoms with E-state index in [0.29, 0.717) is 23.8 Å². The molecule has 2 atom stereocenters. The summed E-state index contributed by atoms with van der Waals surface area (Å²) in [4.78, 5) is 11.9. The van der Waals surface area contributed by atoms with Crippen molar-refractivity contribution in [2.45, 2.75) is 75.8 Å². The van der Waals surface area contributed by atoms with Gasteiger partial charge < -0.3 is 5.32 Å². The van der Waals surface area contributed by atoms with E-state index in [0.717, 1.165) is 24.8 Å². The fourth-order valence-corrected chi connectivity index (χ4v) is 6.20. The summed E-state index contributed by atoms with van der Waals surface area (Å²) in [5.41, 5.74) is 1.05. The topological polar surface area (TPSA) is 66.5 Å². The Balaban J connectivity index is 1.87. The summed E-state index contributed by atoms with van der Waals surface area (Å²) < 4.78 is 28.4. The third-order valence-corrected chi connectivity index (χ3v) is 7.76. The molecular formula is C20H30N2O3S. The molecule has 2 aliphatic rings. The molecule has 1 amide bonds. The highest BCUT2D eigenvalue weighted by Gasteiger charge is 2.41. The maximum absolute atomic E-state index is 13.3. The fraction of sp³-hybridized carbons (Fsp3) is 0.650. The monoisotopic (exact) mass is 378 g/mol. The molecule has 2 fully saturated rings. The van der Waals surface area contributed by atoms with Crippen molar-refractivity contribution in [3.63, 3.8) is 0 Å². The van der Waals surface area contributed by atoms with Crippen LogP contribution in [0, 0.1) is 12.8 Å². The lowest BCUT2D eigenvalue weighted by molar-refractivity contribution is -0.120. The van der Waals surface area contributed by atoms with Crippen LogP contribution in [0.2, 0.25) is 0 Å². The van der Waals surface area contributed by atoms with Gasteiger partial charge in [-0.3, -0.25) is 4.79 Å². The lowest BCUT2D eigenvalue weighted by Crippen LogP contribution is -2.54. The van der Waals surface area contributed by atoms with E-state index in [1.54, 1.807) is 16.4 Å². The van der Waals surface area contributed by atoms with Crippen LogP contribution in [-0.4, -0.2) is 37.3 Å². The van der Waals surface area contributed by atoms with Crippen molar-refractivity contribution in [3.05, 3.63) is 29.8 Å². The molecule has 1 aromatic rings. The van der Waals surface area contributed by atoms with E-state index in [9.17, 15) is 13.2 Å². The molecular weight excluding hydrogens is 348 g/mol.